The monoisotopic (exact) mass is 249 g/mol. The van der Waals surface area contributed by atoms with E-state index >= 15 is 0 Å². The zero-order chi connectivity index (χ0) is 13.0. The third-order valence-corrected chi connectivity index (χ3v) is 3.23. The molecule has 2 N–H and O–H groups in total. The van der Waals surface area contributed by atoms with Crippen LogP contribution in [-0.2, 0) is 0 Å². The predicted octanol–water partition coefficient (Wildman–Crippen LogP) is 1.39. The summed E-state index contributed by atoms with van der Waals surface area (Å²) in [6.07, 6.45) is 0.324. The third-order valence-electron chi connectivity index (χ3n) is 3.23. The first-order valence-corrected chi connectivity index (χ1v) is 6.02. The van der Waals surface area contributed by atoms with Crippen molar-refractivity contribution in [1.82, 2.24) is 10.2 Å². The molecule has 0 bridgehead atoms. The van der Waals surface area contributed by atoms with Crippen LogP contribution >= 0.6 is 0 Å². The van der Waals surface area contributed by atoms with Crippen molar-refractivity contribution in [3.63, 3.8) is 0 Å². The molecule has 1 aromatic rings. The van der Waals surface area contributed by atoms with Gasteiger partial charge in [-0.15, -0.1) is 0 Å². The van der Waals surface area contributed by atoms with Gasteiger partial charge < -0.3 is 10.4 Å². The van der Waals surface area contributed by atoms with Crippen LogP contribution in [0.2, 0.25) is 0 Å². The summed E-state index contributed by atoms with van der Waals surface area (Å²) in [7, 11) is 0. The van der Waals surface area contributed by atoms with Gasteiger partial charge >= 0.3 is 0 Å². The third kappa shape index (κ3) is 2.78. The van der Waals surface area contributed by atoms with Crippen molar-refractivity contribution in [3.05, 3.63) is 29.6 Å². The molecule has 0 amide bonds. The maximum atomic E-state index is 13.4. The van der Waals surface area contributed by atoms with Gasteiger partial charge in [0.2, 0.25) is 0 Å². The summed E-state index contributed by atoms with van der Waals surface area (Å²) in [5.41, 5.74) is 0.744. The fourth-order valence-corrected chi connectivity index (χ4v) is 2.27. The summed E-state index contributed by atoms with van der Waals surface area (Å²) >= 11 is 0. The smallest absolute Gasteiger partial charge is 0.165 e. The molecule has 18 heavy (non-hydrogen) atoms. The number of nitrogens with zero attached hydrogens (tertiary/aromatic N) is 2. The lowest BCUT2D eigenvalue weighted by Gasteiger charge is -2.34. The Balaban J connectivity index is 2.22. The number of halogens is 1. The molecule has 1 heterocycles. The summed E-state index contributed by atoms with van der Waals surface area (Å²) in [4.78, 5) is 2.17. The Morgan fingerprint density at radius 3 is 2.78 bits per heavy atom. The van der Waals surface area contributed by atoms with Gasteiger partial charge in [-0.2, -0.15) is 5.26 Å². The van der Waals surface area contributed by atoms with Gasteiger partial charge in [-0.25, -0.2) is 4.39 Å². The van der Waals surface area contributed by atoms with E-state index in [1.54, 1.807) is 6.07 Å². The van der Waals surface area contributed by atoms with Crippen LogP contribution in [-0.4, -0.2) is 36.2 Å². The van der Waals surface area contributed by atoms with Gasteiger partial charge in [0.25, 0.3) is 0 Å². The number of hydrogen-bond donors (Lipinski definition) is 2. The van der Waals surface area contributed by atoms with Crippen molar-refractivity contribution in [3.8, 4) is 11.8 Å². The van der Waals surface area contributed by atoms with Crippen LogP contribution in [0.15, 0.2) is 18.2 Å². The maximum Gasteiger partial charge on any atom is 0.165 e. The number of benzene rings is 1. The van der Waals surface area contributed by atoms with Gasteiger partial charge in [-0.1, -0.05) is 6.07 Å². The van der Waals surface area contributed by atoms with Gasteiger partial charge in [0.15, 0.2) is 11.6 Å². The molecule has 0 aromatic heterocycles. The largest absolute Gasteiger partial charge is 0.505 e. The molecule has 0 radical (unpaired) electrons. The predicted molar refractivity (Wildman–Crippen MR) is 65.5 cm³/mol. The number of piperazine rings is 1. The second-order valence-corrected chi connectivity index (χ2v) is 4.37. The van der Waals surface area contributed by atoms with Crippen molar-refractivity contribution in [2.24, 2.45) is 0 Å². The van der Waals surface area contributed by atoms with Crippen LogP contribution in [0.4, 0.5) is 4.39 Å². The highest BCUT2D eigenvalue weighted by Crippen LogP contribution is 2.27. The molecular formula is C13H16FN3O. The van der Waals surface area contributed by atoms with E-state index in [4.69, 9.17) is 5.26 Å². The second-order valence-electron chi connectivity index (χ2n) is 4.37. The number of nitriles is 1. The average Bonchev–Trinajstić information content (AvgIpc) is 2.40. The Bertz CT molecular complexity index is 452. The lowest BCUT2D eigenvalue weighted by atomic mass is 10.0. The quantitative estimate of drug-likeness (QED) is 0.850. The minimum absolute atomic E-state index is 0.104. The van der Waals surface area contributed by atoms with E-state index in [1.807, 2.05) is 0 Å². The molecule has 0 saturated carbocycles. The van der Waals surface area contributed by atoms with Gasteiger partial charge in [-0.3, -0.25) is 4.90 Å². The minimum atomic E-state index is -0.634. The zero-order valence-electron chi connectivity index (χ0n) is 10.1. The number of nitrogens with one attached hydrogen (secondary N) is 1. The summed E-state index contributed by atoms with van der Waals surface area (Å²) in [5.74, 6) is -0.986. The van der Waals surface area contributed by atoms with Gasteiger partial charge in [0.1, 0.15) is 0 Å². The highest BCUT2D eigenvalue weighted by molar-refractivity contribution is 5.30. The number of phenolic OH excluding ortho intramolecular Hbond substituents is 1. The lowest BCUT2D eigenvalue weighted by molar-refractivity contribution is 0.175. The maximum absolute atomic E-state index is 13.4. The fourth-order valence-electron chi connectivity index (χ4n) is 2.27. The molecule has 0 spiro atoms. The number of aromatic hydroxyl groups is 1. The van der Waals surface area contributed by atoms with Crippen molar-refractivity contribution < 1.29 is 9.50 Å². The molecule has 1 atom stereocenters. The second kappa shape index (κ2) is 5.80. The first-order chi connectivity index (χ1) is 8.72. The van der Waals surface area contributed by atoms with Crippen LogP contribution in [0.25, 0.3) is 0 Å². The Kier molecular flexibility index (Phi) is 4.13. The van der Waals surface area contributed by atoms with E-state index < -0.39 is 5.82 Å². The van der Waals surface area contributed by atoms with Gasteiger partial charge in [0.05, 0.1) is 12.5 Å². The molecule has 5 heteroatoms. The highest BCUT2D eigenvalue weighted by Gasteiger charge is 2.22. The SMILES string of the molecule is N#CC[C@@H](c1ccc(O)c(F)c1)N1CCNCC1. The summed E-state index contributed by atoms with van der Waals surface area (Å²) < 4.78 is 13.4. The number of hydrogen-bond acceptors (Lipinski definition) is 4. The number of rotatable bonds is 3. The first kappa shape index (κ1) is 12.8. The van der Waals surface area contributed by atoms with Crippen molar-refractivity contribution in [2.75, 3.05) is 26.2 Å². The van der Waals surface area contributed by atoms with Crippen molar-refractivity contribution >= 4 is 0 Å². The molecule has 0 aliphatic carbocycles. The molecule has 2 rings (SSSR count). The van der Waals surface area contributed by atoms with Crippen LogP contribution in [0, 0.1) is 17.1 Å². The molecule has 1 aliphatic rings. The van der Waals surface area contributed by atoms with E-state index in [1.165, 1.54) is 12.1 Å². The fraction of sp³-hybridized carbons (Fsp3) is 0.462. The number of phenols is 1. The van der Waals surface area contributed by atoms with Crippen LogP contribution in [0.5, 0.6) is 5.75 Å². The van der Waals surface area contributed by atoms with E-state index in [9.17, 15) is 9.50 Å². The van der Waals surface area contributed by atoms with Gasteiger partial charge in [0, 0.05) is 32.2 Å². The average molecular weight is 249 g/mol. The summed E-state index contributed by atoms with van der Waals surface area (Å²) in [6.45, 7) is 3.44. The Morgan fingerprint density at radius 1 is 1.44 bits per heavy atom. The van der Waals surface area contributed by atoms with Crippen LogP contribution in [0.1, 0.15) is 18.0 Å². The van der Waals surface area contributed by atoms with E-state index in [-0.39, 0.29) is 11.8 Å². The van der Waals surface area contributed by atoms with E-state index in [2.05, 4.69) is 16.3 Å². The summed E-state index contributed by atoms with van der Waals surface area (Å²) in [5, 5.41) is 21.4. The molecular weight excluding hydrogens is 233 g/mol. The topological polar surface area (TPSA) is 59.3 Å². The molecule has 1 fully saturated rings. The molecule has 0 unspecified atom stereocenters. The molecule has 4 nitrogen and oxygen atoms in total. The normalized spacial score (nSPS) is 18.2. The van der Waals surface area contributed by atoms with Crippen molar-refractivity contribution in [2.45, 2.75) is 12.5 Å². The Morgan fingerprint density at radius 2 is 2.17 bits per heavy atom. The summed E-state index contributed by atoms with van der Waals surface area (Å²) in [6, 6.07) is 6.39. The molecule has 1 aliphatic heterocycles. The molecule has 1 saturated heterocycles. The highest BCUT2D eigenvalue weighted by atomic mass is 19.1. The minimum Gasteiger partial charge on any atom is -0.505 e. The van der Waals surface area contributed by atoms with E-state index in [0.717, 1.165) is 31.7 Å². The van der Waals surface area contributed by atoms with E-state index in [0.29, 0.717) is 6.42 Å². The molecule has 1 aromatic carbocycles. The Labute approximate surface area is 106 Å². The van der Waals surface area contributed by atoms with Crippen molar-refractivity contribution in [1.29, 1.82) is 5.26 Å². The van der Waals surface area contributed by atoms with Crippen LogP contribution < -0.4 is 5.32 Å². The lowest BCUT2D eigenvalue weighted by Crippen LogP contribution is -2.45. The molecule has 96 valence electrons. The standard InChI is InChI=1S/C13H16FN3O/c14-11-9-10(1-2-13(11)18)12(3-4-15)17-7-5-16-6-8-17/h1-2,9,12,16,18H,3,5-8H2/t12-/m0/s1. The Hall–Kier alpha value is -1.64. The zero-order valence-corrected chi connectivity index (χ0v) is 10.1. The van der Waals surface area contributed by atoms with Crippen LogP contribution in [0.3, 0.4) is 0 Å². The van der Waals surface area contributed by atoms with Gasteiger partial charge in [-0.05, 0) is 17.7 Å². The first-order valence-electron chi connectivity index (χ1n) is 6.02.